The molecule has 2 aromatic carbocycles. The lowest BCUT2D eigenvalue weighted by molar-refractivity contribution is -0.136. The molecule has 2 rings (SSSR count). The van der Waals surface area contributed by atoms with Crippen LogP contribution in [-0.4, -0.2) is 19.5 Å². The molecule has 23 heavy (non-hydrogen) atoms. The number of rotatable bonds is 6. The van der Waals surface area contributed by atoms with Crippen LogP contribution in [0.15, 0.2) is 51.8 Å². The van der Waals surface area contributed by atoms with Crippen LogP contribution in [0, 0.1) is 6.92 Å². The van der Waals surface area contributed by atoms with Gasteiger partial charge in [0.05, 0.1) is 10.6 Å². The maximum absolute atomic E-state index is 12.4. The number of hydrogen-bond donors (Lipinski definition) is 2. The van der Waals surface area contributed by atoms with Gasteiger partial charge in [-0.3, -0.25) is 9.52 Å². The number of aliphatic carboxylic acids is 1. The van der Waals surface area contributed by atoms with Crippen LogP contribution in [-0.2, 0) is 21.2 Å². The smallest absolute Gasteiger partial charge is 0.303 e. The molecule has 0 bridgehead atoms. The number of sulfonamides is 1. The minimum absolute atomic E-state index is 0.0163. The SMILES string of the molecule is Cc1cc(Br)ccc1NS(=O)(=O)c1ccc(CCC(=O)O)cc1. The Labute approximate surface area is 143 Å². The van der Waals surface area contributed by atoms with Gasteiger partial charge in [-0.05, 0) is 54.8 Å². The Morgan fingerprint density at radius 2 is 1.83 bits per heavy atom. The zero-order chi connectivity index (χ0) is 17.0. The highest BCUT2D eigenvalue weighted by Gasteiger charge is 2.15. The van der Waals surface area contributed by atoms with Crippen LogP contribution < -0.4 is 4.72 Å². The lowest BCUT2D eigenvalue weighted by Gasteiger charge is -2.11. The van der Waals surface area contributed by atoms with E-state index < -0.39 is 16.0 Å². The number of hydrogen-bond acceptors (Lipinski definition) is 3. The summed E-state index contributed by atoms with van der Waals surface area (Å²) in [6.45, 7) is 1.82. The lowest BCUT2D eigenvalue weighted by atomic mass is 10.1. The topological polar surface area (TPSA) is 83.5 Å². The molecule has 122 valence electrons. The summed E-state index contributed by atoms with van der Waals surface area (Å²) in [6.07, 6.45) is 0.386. The maximum Gasteiger partial charge on any atom is 0.303 e. The third kappa shape index (κ3) is 4.80. The Balaban J connectivity index is 2.17. The van der Waals surface area contributed by atoms with Gasteiger partial charge < -0.3 is 5.11 Å². The van der Waals surface area contributed by atoms with Crippen molar-refractivity contribution in [2.75, 3.05) is 4.72 Å². The van der Waals surface area contributed by atoms with Gasteiger partial charge in [-0.25, -0.2) is 8.42 Å². The molecule has 0 aliphatic carbocycles. The normalized spacial score (nSPS) is 11.2. The van der Waals surface area contributed by atoms with Gasteiger partial charge >= 0.3 is 5.97 Å². The molecular weight excluding hydrogens is 382 g/mol. The van der Waals surface area contributed by atoms with Crippen LogP contribution in [0.1, 0.15) is 17.5 Å². The molecule has 0 saturated heterocycles. The first-order valence-electron chi connectivity index (χ1n) is 6.87. The van der Waals surface area contributed by atoms with Crippen molar-refractivity contribution in [3.05, 3.63) is 58.1 Å². The van der Waals surface area contributed by atoms with Gasteiger partial charge in [-0.1, -0.05) is 28.1 Å². The average molecular weight is 398 g/mol. The third-order valence-electron chi connectivity index (χ3n) is 3.29. The number of anilines is 1. The second kappa shape index (κ2) is 7.14. The number of aryl methyl sites for hydroxylation is 2. The molecule has 0 aliphatic heterocycles. The van der Waals surface area contributed by atoms with E-state index in [0.717, 1.165) is 15.6 Å². The molecule has 2 N–H and O–H groups in total. The van der Waals surface area contributed by atoms with Crippen molar-refractivity contribution >= 4 is 37.6 Å². The molecule has 0 fully saturated rings. The van der Waals surface area contributed by atoms with E-state index in [1.165, 1.54) is 12.1 Å². The summed E-state index contributed by atoms with van der Waals surface area (Å²) >= 11 is 3.33. The Kier molecular flexibility index (Phi) is 5.43. The predicted molar refractivity (Wildman–Crippen MR) is 92.1 cm³/mol. The monoisotopic (exact) mass is 397 g/mol. The van der Waals surface area contributed by atoms with Gasteiger partial charge in [-0.15, -0.1) is 0 Å². The van der Waals surface area contributed by atoms with Gasteiger partial charge in [0.25, 0.3) is 10.0 Å². The first-order chi connectivity index (χ1) is 10.8. The Bertz CT molecular complexity index is 816. The number of halogens is 1. The van der Waals surface area contributed by atoms with Crippen molar-refractivity contribution in [2.45, 2.75) is 24.7 Å². The summed E-state index contributed by atoms with van der Waals surface area (Å²) in [4.78, 5) is 10.7. The molecule has 0 aliphatic rings. The van der Waals surface area contributed by atoms with Crippen LogP contribution in [0.5, 0.6) is 0 Å². The maximum atomic E-state index is 12.4. The average Bonchev–Trinajstić information content (AvgIpc) is 2.48. The third-order valence-corrected chi connectivity index (χ3v) is 5.17. The van der Waals surface area contributed by atoms with Crippen molar-refractivity contribution in [1.29, 1.82) is 0 Å². The Morgan fingerprint density at radius 1 is 1.17 bits per heavy atom. The number of carboxylic acid groups (broad SMARTS) is 1. The van der Waals surface area contributed by atoms with Crippen LogP contribution in [0.2, 0.25) is 0 Å². The van der Waals surface area contributed by atoms with Gasteiger partial charge in [0.1, 0.15) is 0 Å². The summed E-state index contributed by atoms with van der Waals surface area (Å²) in [5.41, 5.74) is 2.11. The van der Waals surface area contributed by atoms with E-state index in [9.17, 15) is 13.2 Å². The van der Waals surface area contributed by atoms with Gasteiger partial charge in [0.2, 0.25) is 0 Å². The molecule has 0 amide bonds. The zero-order valence-corrected chi connectivity index (χ0v) is 14.8. The minimum Gasteiger partial charge on any atom is -0.481 e. The van der Waals surface area contributed by atoms with Crippen LogP contribution >= 0.6 is 15.9 Å². The zero-order valence-electron chi connectivity index (χ0n) is 12.4. The first kappa shape index (κ1) is 17.5. The van der Waals surface area contributed by atoms with E-state index in [0.29, 0.717) is 12.1 Å². The van der Waals surface area contributed by atoms with Crippen molar-refractivity contribution in [2.24, 2.45) is 0 Å². The molecule has 0 unspecified atom stereocenters. The van der Waals surface area contributed by atoms with E-state index in [1.54, 1.807) is 24.3 Å². The molecule has 0 atom stereocenters. The fraction of sp³-hybridized carbons (Fsp3) is 0.188. The van der Waals surface area contributed by atoms with E-state index in [2.05, 4.69) is 20.7 Å². The van der Waals surface area contributed by atoms with Gasteiger partial charge in [0.15, 0.2) is 0 Å². The van der Waals surface area contributed by atoms with E-state index in [4.69, 9.17) is 5.11 Å². The van der Waals surface area contributed by atoms with Crippen molar-refractivity contribution in [3.8, 4) is 0 Å². The van der Waals surface area contributed by atoms with E-state index in [-0.39, 0.29) is 11.3 Å². The molecule has 7 heteroatoms. The standard InChI is InChI=1S/C16H16BrNO4S/c1-11-10-13(17)5-8-15(11)18-23(21,22)14-6-2-12(3-7-14)4-9-16(19)20/h2-3,5-8,10,18H,4,9H2,1H3,(H,19,20). The fourth-order valence-corrected chi connectivity index (χ4v) is 3.64. The highest BCUT2D eigenvalue weighted by molar-refractivity contribution is 9.10. The number of carbonyl (C=O) groups is 1. The predicted octanol–water partition coefficient (Wildman–Crippen LogP) is 3.58. The first-order valence-corrected chi connectivity index (χ1v) is 9.15. The van der Waals surface area contributed by atoms with E-state index in [1.807, 2.05) is 13.0 Å². The molecule has 0 radical (unpaired) electrons. The van der Waals surface area contributed by atoms with Crippen molar-refractivity contribution in [3.63, 3.8) is 0 Å². The minimum atomic E-state index is -3.68. The van der Waals surface area contributed by atoms with Crippen LogP contribution in [0.25, 0.3) is 0 Å². The number of benzene rings is 2. The summed E-state index contributed by atoms with van der Waals surface area (Å²) in [6, 6.07) is 11.5. The Hall–Kier alpha value is -1.86. The highest BCUT2D eigenvalue weighted by Crippen LogP contribution is 2.23. The number of nitrogens with one attached hydrogen (secondary N) is 1. The summed E-state index contributed by atoms with van der Waals surface area (Å²) < 4.78 is 28.2. The van der Waals surface area contributed by atoms with Crippen molar-refractivity contribution in [1.82, 2.24) is 0 Å². The van der Waals surface area contributed by atoms with E-state index >= 15 is 0 Å². The summed E-state index contributed by atoms with van der Waals surface area (Å²) in [5.74, 6) is -0.880. The molecule has 0 heterocycles. The molecular formula is C16H16BrNO4S. The second-order valence-corrected chi connectivity index (χ2v) is 7.70. The largest absolute Gasteiger partial charge is 0.481 e. The van der Waals surface area contributed by atoms with Gasteiger partial charge in [-0.2, -0.15) is 0 Å². The fourth-order valence-electron chi connectivity index (χ4n) is 2.03. The molecule has 0 aromatic heterocycles. The van der Waals surface area contributed by atoms with Gasteiger partial charge in [0, 0.05) is 10.9 Å². The summed E-state index contributed by atoms with van der Waals surface area (Å²) in [7, 11) is -3.68. The molecule has 5 nitrogen and oxygen atoms in total. The van der Waals surface area contributed by atoms with Crippen molar-refractivity contribution < 1.29 is 18.3 Å². The molecule has 0 saturated carbocycles. The second-order valence-electron chi connectivity index (χ2n) is 5.10. The van der Waals surface area contributed by atoms with Crippen LogP contribution in [0.3, 0.4) is 0 Å². The summed E-state index contributed by atoms with van der Waals surface area (Å²) in [5, 5.41) is 8.66. The van der Waals surface area contributed by atoms with Crippen LogP contribution in [0.4, 0.5) is 5.69 Å². The lowest BCUT2D eigenvalue weighted by Crippen LogP contribution is -2.13. The Morgan fingerprint density at radius 3 is 2.39 bits per heavy atom. The molecule has 2 aromatic rings. The molecule has 0 spiro atoms. The highest BCUT2D eigenvalue weighted by atomic mass is 79.9. The quantitative estimate of drug-likeness (QED) is 0.779. The number of carboxylic acids is 1.